The summed E-state index contributed by atoms with van der Waals surface area (Å²) in [5, 5.41) is 3.10. The normalized spacial score (nSPS) is 27.4. The third-order valence-electron chi connectivity index (χ3n) is 3.49. The quantitative estimate of drug-likeness (QED) is 0.732. The van der Waals surface area contributed by atoms with Crippen LogP contribution in [0.4, 0.5) is 0 Å². The molecule has 0 saturated carbocycles. The molecule has 2 atom stereocenters. The molecule has 2 fully saturated rings. The number of morpholine rings is 1. The number of carbonyl (C=O) groups is 2. The lowest BCUT2D eigenvalue weighted by molar-refractivity contribution is -0.157. The van der Waals surface area contributed by atoms with Crippen LogP contribution in [0.2, 0.25) is 0 Å². The number of amides is 1. The first-order valence-electron chi connectivity index (χ1n) is 7.19. The molecule has 0 aromatic carbocycles. The summed E-state index contributed by atoms with van der Waals surface area (Å²) in [5.41, 5.74) is -0.495. The standard InChI is InChI=1S/C14H24N2O4/c1-14(2,3)20-13(18)11-8-10(9-15-11)12(17)16-4-6-19-7-5-16/h10-11,15H,4-9H2,1-3H3. The van der Waals surface area contributed by atoms with Gasteiger partial charge in [0, 0.05) is 19.6 Å². The second-order valence-electron chi connectivity index (χ2n) is 6.36. The van der Waals surface area contributed by atoms with Gasteiger partial charge in [0.25, 0.3) is 0 Å². The van der Waals surface area contributed by atoms with Crippen LogP contribution in [-0.2, 0) is 19.1 Å². The lowest BCUT2D eigenvalue weighted by Crippen LogP contribution is -2.44. The lowest BCUT2D eigenvalue weighted by atomic mass is 10.0. The van der Waals surface area contributed by atoms with E-state index in [-0.39, 0.29) is 23.8 Å². The molecule has 0 aliphatic carbocycles. The number of ether oxygens (including phenoxy) is 2. The van der Waals surface area contributed by atoms with E-state index in [0.717, 1.165) is 0 Å². The van der Waals surface area contributed by atoms with Crippen LogP contribution < -0.4 is 5.32 Å². The molecule has 20 heavy (non-hydrogen) atoms. The molecule has 0 bridgehead atoms. The summed E-state index contributed by atoms with van der Waals surface area (Å²) in [6.45, 7) is 8.56. The SMILES string of the molecule is CC(C)(C)OC(=O)C1CC(C(=O)N2CCOCC2)CN1. The summed E-state index contributed by atoms with van der Waals surface area (Å²) >= 11 is 0. The van der Waals surface area contributed by atoms with Crippen molar-refractivity contribution >= 4 is 11.9 Å². The van der Waals surface area contributed by atoms with Crippen LogP contribution >= 0.6 is 0 Å². The number of rotatable bonds is 2. The summed E-state index contributed by atoms with van der Waals surface area (Å²) in [6, 6.07) is -0.371. The van der Waals surface area contributed by atoms with Crippen molar-refractivity contribution < 1.29 is 19.1 Å². The fourth-order valence-electron chi connectivity index (χ4n) is 2.52. The fourth-order valence-corrected chi connectivity index (χ4v) is 2.52. The number of carbonyl (C=O) groups excluding carboxylic acids is 2. The first kappa shape index (κ1) is 15.3. The van der Waals surface area contributed by atoms with Crippen LogP contribution in [0.5, 0.6) is 0 Å². The Morgan fingerprint density at radius 3 is 2.50 bits per heavy atom. The maximum absolute atomic E-state index is 12.3. The monoisotopic (exact) mass is 284 g/mol. The summed E-state index contributed by atoms with van der Waals surface area (Å²) in [6.07, 6.45) is 0.519. The minimum atomic E-state index is -0.495. The number of hydrogen-bond donors (Lipinski definition) is 1. The van der Waals surface area contributed by atoms with E-state index in [2.05, 4.69) is 5.32 Å². The van der Waals surface area contributed by atoms with Crippen molar-refractivity contribution in [1.82, 2.24) is 10.2 Å². The van der Waals surface area contributed by atoms with Crippen molar-refractivity contribution in [2.75, 3.05) is 32.8 Å². The van der Waals surface area contributed by atoms with E-state index in [0.29, 0.717) is 39.3 Å². The average Bonchev–Trinajstić information content (AvgIpc) is 2.86. The molecule has 2 heterocycles. The zero-order valence-electron chi connectivity index (χ0n) is 12.5. The maximum atomic E-state index is 12.3. The molecule has 1 N–H and O–H groups in total. The van der Waals surface area contributed by atoms with Gasteiger partial charge < -0.3 is 19.7 Å². The molecule has 6 heteroatoms. The minimum absolute atomic E-state index is 0.117. The topological polar surface area (TPSA) is 67.9 Å². The average molecular weight is 284 g/mol. The number of nitrogens with zero attached hydrogens (tertiary/aromatic N) is 1. The van der Waals surface area contributed by atoms with Crippen LogP contribution in [0.3, 0.4) is 0 Å². The predicted octanol–water partition coefficient (Wildman–Crippen LogP) is 0.165. The van der Waals surface area contributed by atoms with Crippen LogP contribution in [0, 0.1) is 5.92 Å². The molecule has 0 aromatic rings. The Bertz CT molecular complexity index is 372. The largest absolute Gasteiger partial charge is 0.459 e. The Labute approximate surface area is 119 Å². The van der Waals surface area contributed by atoms with Crippen molar-refractivity contribution in [2.45, 2.75) is 38.8 Å². The lowest BCUT2D eigenvalue weighted by Gasteiger charge is -2.29. The highest BCUT2D eigenvalue weighted by atomic mass is 16.6. The molecule has 0 aromatic heterocycles. The van der Waals surface area contributed by atoms with E-state index >= 15 is 0 Å². The van der Waals surface area contributed by atoms with Crippen molar-refractivity contribution in [3.05, 3.63) is 0 Å². The molecular formula is C14H24N2O4. The molecule has 6 nitrogen and oxygen atoms in total. The molecule has 1 amide bonds. The van der Waals surface area contributed by atoms with Crippen molar-refractivity contribution in [1.29, 1.82) is 0 Å². The molecule has 0 radical (unpaired) electrons. The third kappa shape index (κ3) is 3.93. The zero-order chi connectivity index (χ0) is 14.8. The number of nitrogens with one attached hydrogen (secondary N) is 1. The molecule has 2 unspecified atom stereocenters. The van der Waals surface area contributed by atoms with E-state index in [9.17, 15) is 9.59 Å². The van der Waals surface area contributed by atoms with E-state index in [1.54, 1.807) is 0 Å². The van der Waals surface area contributed by atoms with Gasteiger partial charge in [-0.15, -0.1) is 0 Å². The van der Waals surface area contributed by atoms with Gasteiger partial charge >= 0.3 is 5.97 Å². The minimum Gasteiger partial charge on any atom is -0.459 e. The second kappa shape index (κ2) is 6.10. The Kier molecular flexibility index (Phi) is 4.65. The fraction of sp³-hybridized carbons (Fsp3) is 0.857. The predicted molar refractivity (Wildman–Crippen MR) is 73.1 cm³/mol. The van der Waals surface area contributed by atoms with Crippen LogP contribution in [0.1, 0.15) is 27.2 Å². The van der Waals surface area contributed by atoms with Crippen molar-refractivity contribution in [3.8, 4) is 0 Å². The first-order chi connectivity index (χ1) is 9.37. The molecule has 2 rings (SSSR count). The van der Waals surface area contributed by atoms with Crippen LogP contribution in [-0.4, -0.2) is 61.3 Å². The zero-order valence-corrected chi connectivity index (χ0v) is 12.5. The van der Waals surface area contributed by atoms with Gasteiger partial charge in [-0.2, -0.15) is 0 Å². The maximum Gasteiger partial charge on any atom is 0.323 e. The van der Waals surface area contributed by atoms with E-state index in [1.165, 1.54) is 0 Å². The molecule has 0 spiro atoms. The van der Waals surface area contributed by atoms with E-state index in [1.807, 2.05) is 25.7 Å². The highest BCUT2D eigenvalue weighted by molar-refractivity contribution is 5.83. The number of hydrogen-bond acceptors (Lipinski definition) is 5. The Hall–Kier alpha value is -1.14. The van der Waals surface area contributed by atoms with Gasteiger partial charge in [-0.3, -0.25) is 9.59 Å². The number of esters is 1. The molecule has 2 aliphatic rings. The molecule has 2 saturated heterocycles. The van der Waals surface area contributed by atoms with Gasteiger partial charge in [-0.1, -0.05) is 0 Å². The van der Waals surface area contributed by atoms with Gasteiger partial charge in [0.05, 0.1) is 19.1 Å². The summed E-state index contributed by atoms with van der Waals surface area (Å²) < 4.78 is 10.6. The van der Waals surface area contributed by atoms with Gasteiger partial charge in [0.15, 0.2) is 0 Å². The van der Waals surface area contributed by atoms with E-state index in [4.69, 9.17) is 9.47 Å². The molecular weight excluding hydrogens is 260 g/mol. The van der Waals surface area contributed by atoms with Crippen LogP contribution in [0.15, 0.2) is 0 Å². The van der Waals surface area contributed by atoms with Crippen LogP contribution in [0.25, 0.3) is 0 Å². The smallest absolute Gasteiger partial charge is 0.323 e. The van der Waals surface area contributed by atoms with Gasteiger partial charge in [0.2, 0.25) is 5.91 Å². The first-order valence-corrected chi connectivity index (χ1v) is 7.19. The highest BCUT2D eigenvalue weighted by Gasteiger charge is 2.37. The van der Waals surface area contributed by atoms with Gasteiger partial charge in [-0.05, 0) is 27.2 Å². The Morgan fingerprint density at radius 2 is 1.90 bits per heavy atom. The van der Waals surface area contributed by atoms with E-state index < -0.39 is 5.60 Å². The second-order valence-corrected chi connectivity index (χ2v) is 6.36. The Balaban J connectivity index is 1.85. The molecule has 114 valence electrons. The summed E-state index contributed by atoms with van der Waals surface area (Å²) in [5.74, 6) is -0.285. The highest BCUT2D eigenvalue weighted by Crippen LogP contribution is 2.20. The summed E-state index contributed by atoms with van der Waals surface area (Å²) in [4.78, 5) is 26.1. The Morgan fingerprint density at radius 1 is 1.25 bits per heavy atom. The third-order valence-corrected chi connectivity index (χ3v) is 3.49. The van der Waals surface area contributed by atoms with Gasteiger partial charge in [-0.25, -0.2) is 0 Å². The van der Waals surface area contributed by atoms with Gasteiger partial charge in [0.1, 0.15) is 11.6 Å². The molecule has 2 aliphatic heterocycles. The van der Waals surface area contributed by atoms with Crippen molar-refractivity contribution in [3.63, 3.8) is 0 Å². The van der Waals surface area contributed by atoms with Crippen molar-refractivity contribution in [2.24, 2.45) is 5.92 Å². The summed E-state index contributed by atoms with van der Waals surface area (Å²) in [7, 11) is 0.